The van der Waals surface area contributed by atoms with Crippen LogP contribution in [-0.2, 0) is 6.42 Å². The molecule has 2 aromatic carbocycles. The van der Waals surface area contributed by atoms with Gasteiger partial charge in [-0.2, -0.15) is 5.10 Å². The molecule has 1 aliphatic rings. The number of benzene rings is 2. The number of fused-ring (bicyclic) bond motifs is 1. The lowest BCUT2D eigenvalue weighted by atomic mass is 10.1. The van der Waals surface area contributed by atoms with Crippen LogP contribution in [0.5, 0.6) is 5.75 Å². The van der Waals surface area contributed by atoms with Gasteiger partial charge in [0.15, 0.2) is 0 Å². The van der Waals surface area contributed by atoms with Crippen molar-refractivity contribution < 1.29 is 4.74 Å². The predicted molar refractivity (Wildman–Crippen MR) is 105 cm³/mol. The van der Waals surface area contributed by atoms with E-state index in [1.807, 2.05) is 35.0 Å². The fraction of sp³-hybridized carbons (Fsp3) is 0.167. The van der Waals surface area contributed by atoms with Crippen LogP contribution in [0.25, 0.3) is 16.9 Å². The monoisotopic (exact) mass is 437 g/mol. The largest absolute Gasteiger partial charge is 0.496 e. The average Bonchev–Trinajstić information content (AvgIpc) is 3.18. The minimum Gasteiger partial charge on any atom is -0.496 e. The SMILES string of the molecule is COc1ccc(Br)cc1-c1nn(-c2ccc(Cl)cc2Cl)c2c1CCN2. The second-order valence-electron chi connectivity index (χ2n) is 5.70. The van der Waals surface area contributed by atoms with Crippen molar-refractivity contribution in [2.45, 2.75) is 6.42 Å². The number of aromatic nitrogens is 2. The van der Waals surface area contributed by atoms with E-state index in [9.17, 15) is 0 Å². The Hall–Kier alpha value is -1.69. The maximum Gasteiger partial charge on any atom is 0.133 e. The zero-order valence-corrected chi connectivity index (χ0v) is 16.4. The number of anilines is 1. The van der Waals surface area contributed by atoms with Gasteiger partial charge in [0.25, 0.3) is 0 Å². The highest BCUT2D eigenvalue weighted by molar-refractivity contribution is 9.10. The summed E-state index contributed by atoms with van der Waals surface area (Å²) in [6.07, 6.45) is 0.894. The molecule has 0 radical (unpaired) electrons. The highest BCUT2D eigenvalue weighted by Gasteiger charge is 2.26. The molecule has 1 aromatic heterocycles. The molecule has 0 unspecified atom stereocenters. The molecule has 4 rings (SSSR count). The summed E-state index contributed by atoms with van der Waals surface area (Å²) in [5.41, 5.74) is 3.78. The lowest BCUT2D eigenvalue weighted by Gasteiger charge is -2.09. The number of rotatable bonds is 3. The van der Waals surface area contributed by atoms with Crippen LogP contribution in [-0.4, -0.2) is 23.4 Å². The molecule has 0 bridgehead atoms. The van der Waals surface area contributed by atoms with Gasteiger partial charge in [-0.15, -0.1) is 0 Å². The first-order chi connectivity index (χ1) is 12.1. The van der Waals surface area contributed by atoms with Crippen molar-refractivity contribution in [1.82, 2.24) is 9.78 Å². The van der Waals surface area contributed by atoms with Crippen LogP contribution in [0.4, 0.5) is 5.82 Å². The van der Waals surface area contributed by atoms with Crippen LogP contribution >= 0.6 is 39.1 Å². The number of nitrogens with one attached hydrogen (secondary N) is 1. The van der Waals surface area contributed by atoms with Gasteiger partial charge in [-0.25, -0.2) is 4.68 Å². The van der Waals surface area contributed by atoms with Gasteiger partial charge in [0, 0.05) is 27.2 Å². The minimum absolute atomic E-state index is 0.555. The van der Waals surface area contributed by atoms with E-state index in [4.69, 9.17) is 33.0 Å². The lowest BCUT2D eigenvalue weighted by molar-refractivity contribution is 0.416. The van der Waals surface area contributed by atoms with E-state index in [0.29, 0.717) is 10.0 Å². The van der Waals surface area contributed by atoms with E-state index < -0.39 is 0 Å². The Morgan fingerprint density at radius 3 is 2.80 bits per heavy atom. The molecular formula is C18H14BrCl2N3O. The van der Waals surface area contributed by atoms with Crippen molar-refractivity contribution in [3.05, 3.63) is 56.5 Å². The molecule has 0 amide bonds. The Morgan fingerprint density at radius 1 is 1.20 bits per heavy atom. The summed E-state index contributed by atoms with van der Waals surface area (Å²) in [6.45, 7) is 0.863. The molecule has 2 heterocycles. The van der Waals surface area contributed by atoms with Gasteiger partial charge in [-0.3, -0.25) is 0 Å². The van der Waals surface area contributed by atoms with Crippen LogP contribution in [0, 0.1) is 0 Å². The quantitative estimate of drug-likeness (QED) is 0.579. The number of hydrogen-bond donors (Lipinski definition) is 1. The molecule has 0 fully saturated rings. The van der Waals surface area contributed by atoms with E-state index in [1.54, 1.807) is 13.2 Å². The summed E-state index contributed by atoms with van der Waals surface area (Å²) in [7, 11) is 1.66. The third-order valence-corrected chi connectivity index (χ3v) is 5.24. The Morgan fingerprint density at radius 2 is 2.04 bits per heavy atom. The van der Waals surface area contributed by atoms with Gasteiger partial charge in [0.2, 0.25) is 0 Å². The molecule has 0 saturated heterocycles. The number of hydrogen-bond acceptors (Lipinski definition) is 3. The number of halogens is 3. The Bertz CT molecular complexity index is 971. The first kappa shape index (κ1) is 16.8. The highest BCUT2D eigenvalue weighted by Crippen LogP contribution is 2.40. The fourth-order valence-electron chi connectivity index (χ4n) is 3.08. The third-order valence-electron chi connectivity index (χ3n) is 4.21. The first-order valence-corrected chi connectivity index (χ1v) is 9.28. The third kappa shape index (κ3) is 2.90. The second kappa shape index (κ2) is 6.56. The van der Waals surface area contributed by atoms with Gasteiger partial charge in [-0.05, 0) is 42.8 Å². The summed E-state index contributed by atoms with van der Waals surface area (Å²) in [4.78, 5) is 0. The van der Waals surface area contributed by atoms with Crippen molar-refractivity contribution in [1.29, 1.82) is 0 Å². The number of ether oxygens (including phenoxy) is 1. The molecule has 4 nitrogen and oxygen atoms in total. The van der Waals surface area contributed by atoms with Crippen LogP contribution in [0.15, 0.2) is 40.9 Å². The van der Waals surface area contributed by atoms with Gasteiger partial charge < -0.3 is 10.1 Å². The first-order valence-electron chi connectivity index (χ1n) is 7.73. The average molecular weight is 439 g/mol. The molecule has 0 atom stereocenters. The van der Waals surface area contributed by atoms with Crippen molar-refractivity contribution >= 4 is 44.9 Å². The Labute approximate surface area is 163 Å². The van der Waals surface area contributed by atoms with Crippen molar-refractivity contribution in [3.8, 4) is 22.7 Å². The number of nitrogens with zero attached hydrogens (tertiary/aromatic N) is 2. The molecular weight excluding hydrogens is 425 g/mol. The summed E-state index contributed by atoms with van der Waals surface area (Å²) < 4.78 is 8.35. The topological polar surface area (TPSA) is 39.1 Å². The molecule has 3 aromatic rings. The summed E-state index contributed by atoms with van der Waals surface area (Å²) in [5.74, 6) is 1.74. The molecule has 1 aliphatic heterocycles. The lowest BCUT2D eigenvalue weighted by Crippen LogP contribution is -2.05. The molecule has 0 aliphatic carbocycles. The Kier molecular flexibility index (Phi) is 4.40. The summed E-state index contributed by atoms with van der Waals surface area (Å²) >= 11 is 16.0. The molecule has 7 heteroatoms. The van der Waals surface area contributed by atoms with Crippen LogP contribution in [0.1, 0.15) is 5.56 Å². The van der Waals surface area contributed by atoms with Gasteiger partial charge in [0.1, 0.15) is 17.3 Å². The Balaban J connectivity index is 1.94. The van der Waals surface area contributed by atoms with E-state index in [-0.39, 0.29) is 0 Å². The molecule has 128 valence electrons. The standard InChI is InChI=1S/C18H14BrCl2N3O/c1-25-16-5-2-10(19)8-13(16)17-12-6-7-22-18(12)24(23-17)15-4-3-11(20)9-14(15)21/h2-5,8-9,22H,6-7H2,1H3. The molecule has 0 saturated carbocycles. The maximum atomic E-state index is 6.40. The zero-order chi connectivity index (χ0) is 17.6. The van der Waals surface area contributed by atoms with Gasteiger partial charge in [0.05, 0.1) is 17.8 Å². The van der Waals surface area contributed by atoms with E-state index in [1.165, 1.54) is 0 Å². The molecule has 0 spiro atoms. The smallest absolute Gasteiger partial charge is 0.133 e. The van der Waals surface area contributed by atoms with Gasteiger partial charge >= 0.3 is 0 Å². The normalized spacial score (nSPS) is 12.8. The molecule has 1 N–H and O–H groups in total. The van der Waals surface area contributed by atoms with Crippen LogP contribution < -0.4 is 10.1 Å². The number of methoxy groups -OCH3 is 1. The zero-order valence-electron chi connectivity index (χ0n) is 13.3. The van der Waals surface area contributed by atoms with E-state index >= 15 is 0 Å². The van der Waals surface area contributed by atoms with Crippen molar-refractivity contribution in [3.63, 3.8) is 0 Å². The summed E-state index contributed by atoms with van der Waals surface area (Å²) in [5, 5.41) is 9.40. The van der Waals surface area contributed by atoms with Gasteiger partial charge in [-0.1, -0.05) is 39.1 Å². The summed E-state index contributed by atoms with van der Waals surface area (Å²) in [6, 6.07) is 11.3. The highest BCUT2D eigenvalue weighted by atomic mass is 79.9. The molecule has 25 heavy (non-hydrogen) atoms. The van der Waals surface area contributed by atoms with E-state index in [0.717, 1.165) is 51.5 Å². The van der Waals surface area contributed by atoms with Crippen molar-refractivity contribution in [2.75, 3.05) is 19.0 Å². The maximum absolute atomic E-state index is 6.40. The van der Waals surface area contributed by atoms with Crippen molar-refractivity contribution in [2.24, 2.45) is 0 Å². The minimum atomic E-state index is 0.555. The van der Waals surface area contributed by atoms with Crippen LogP contribution in [0.2, 0.25) is 10.0 Å². The fourth-order valence-corrected chi connectivity index (χ4v) is 3.93. The second-order valence-corrected chi connectivity index (χ2v) is 7.46. The predicted octanol–water partition coefficient (Wildman–Crippen LogP) is 5.59. The van der Waals surface area contributed by atoms with E-state index in [2.05, 4.69) is 21.2 Å². The van der Waals surface area contributed by atoms with Crippen LogP contribution in [0.3, 0.4) is 0 Å².